The molecular weight excluding hydrogens is 120 g/mol. The molecule has 48 valence electrons. The first-order valence-corrected chi connectivity index (χ1v) is 3.20. The molecule has 2 nitrogen and oxygen atoms in total. The van der Waals surface area contributed by atoms with Crippen LogP contribution in [0.4, 0.5) is 0 Å². The third kappa shape index (κ3) is 1.16. The third-order valence-electron chi connectivity index (χ3n) is 1.57. The number of hydrogen-bond donors (Lipinski definition) is 1. The Morgan fingerprint density at radius 1 is 1.50 bits per heavy atom. The van der Waals surface area contributed by atoms with E-state index in [-0.39, 0.29) is 0 Å². The van der Waals surface area contributed by atoms with E-state index in [1.165, 1.54) is 0 Å². The molecule has 0 aromatic rings. The van der Waals surface area contributed by atoms with Crippen LogP contribution in [0.3, 0.4) is 0 Å². The molecule has 0 amide bonds. The molecule has 1 fully saturated rings. The first-order chi connectivity index (χ1) is 3.70. The van der Waals surface area contributed by atoms with E-state index in [0.29, 0.717) is 0 Å². The van der Waals surface area contributed by atoms with E-state index >= 15 is 0 Å². The van der Waals surface area contributed by atoms with Crippen LogP contribution >= 0.6 is 12.8 Å². The average molecular weight is 132 g/mol. The Morgan fingerprint density at radius 2 is 2.00 bits per heavy atom. The summed E-state index contributed by atoms with van der Waals surface area (Å²) in [5.74, 6) is 0. The second kappa shape index (κ2) is 2.25. The molecule has 1 heterocycles. The van der Waals surface area contributed by atoms with Gasteiger partial charge in [-0.15, -0.1) is 0 Å². The summed E-state index contributed by atoms with van der Waals surface area (Å²) in [5, 5.41) is 0. The van der Waals surface area contributed by atoms with Crippen molar-refractivity contribution in [1.82, 2.24) is 9.21 Å². The van der Waals surface area contributed by atoms with Gasteiger partial charge in [-0.05, 0) is 14.1 Å². The number of hydrogen-bond acceptors (Lipinski definition) is 3. The molecule has 0 radical (unpaired) electrons. The summed E-state index contributed by atoms with van der Waals surface area (Å²) >= 11 is 4.15. The van der Waals surface area contributed by atoms with E-state index in [2.05, 4.69) is 31.8 Å². The minimum atomic E-state index is 0.743. The Hall–Kier alpha value is 0.270. The second-order valence-corrected chi connectivity index (χ2v) is 3.05. The molecule has 8 heavy (non-hydrogen) atoms. The zero-order valence-electron chi connectivity index (χ0n) is 5.33. The lowest BCUT2D eigenvalue weighted by molar-refractivity contribution is 0.146. The van der Waals surface area contributed by atoms with Crippen molar-refractivity contribution in [3.8, 4) is 0 Å². The number of likely N-dealkylation sites (N-methyl/N-ethyl adjacent to an activating group) is 1. The Labute approximate surface area is 56.0 Å². The van der Waals surface area contributed by atoms with Crippen molar-refractivity contribution in [3.05, 3.63) is 0 Å². The maximum absolute atomic E-state index is 4.15. The van der Waals surface area contributed by atoms with Gasteiger partial charge in [-0.1, -0.05) is 12.8 Å². The largest absolute Gasteiger partial charge is 0.304 e. The number of rotatable bonds is 1. The van der Waals surface area contributed by atoms with E-state index in [9.17, 15) is 0 Å². The highest BCUT2D eigenvalue weighted by Crippen LogP contribution is 2.12. The summed E-state index contributed by atoms with van der Waals surface area (Å²) in [6.45, 7) is 2.21. The molecular formula is C5H12N2S. The Balaban J connectivity index is 2.15. The lowest BCUT2D eigenvalue weighted by Crippen LogP contribution is -2.53. The van der Waals surface area contributed by atoms with Crippen molar-refractivity contribution in [1.29, 1.82) is 0 Å². The van der Waals surface area contributed by atoms with Gasteiger partial charge >= 0.3 is 0 Å². The Kier molecular flexibility index (Phi) is 1.80. The van der Waals surface area contributed by atoms with Gasteiger partial charge in [-0.2, -0.15) is 0 Å². The fraction of sp³-hybridized carbons (Fsp3) is 1.00. The van der Waals surface area contributed by atoms with Crippen LogP contribution in [-0.2, 0) is 0 Å². The van der Waals surface area contributed by atoms with Crippen LogP contribution in [0.5, 0.6) is 0 Å². The molecule has 0 aliphatic carbocycles. The van der Waals surface area contributed by atoms with Gasteiger partial charge in [0.1, 0.15) is 0 Å². The van der Waals surface area contributed by atoms with Crippen molar-refractivity contribution < 1.29 is 0 Å². The minimum absolute atomic E-state index is 0.743. The van der Waals surface area contributed by atoms with E-state index in [4.69, 9.17) is 0 Å². The summed E-state index contributed by atoms with van der Waals surface area (Å²) in [7, 11) is 4.21. The third-order valence-corrected chi connectivity index (χ3v) is 1.90. The SMILES string of the molecule is CN(C)C1CN(S)C1. The first-order valence-electron chi connectivity index (χ1n) is 2.80. The fourth-order valence-electron chi connectivity index (χ4n) is 0.760. The van der Waals surface area contributed by atoms with E-state index in [1.54, 1.807) is 0 Å². The van der Waals surface area contributed by atoms with Crippen LogP contribution in [0.15, 0.2) is 0 Å². The first kappa shape index (κ1) is 6.39. The predicted octanol–water partition coefficient (Wildman–Crippen LogP) is 0.0770. The normalized spacial score (nSPS) is 24.0. The summed E-state index contributed by atoms with van der Waals surface area (Å²) in [6.07, 6.45) is 0. The van der Waals surface area contributed by atoms with Crippen molar-refractivity contribution in [2.75, 3.05) is 27.2 Å². The lowest BCUT2D eigenvalue weighted by Gasteiger charge is -2.39. The highest BCUT2D eigenvalue weighted by atomic mass is 32.1. The molecule has 0 N–H and O–H groups in total. The van der Waals surface area contributed by atoms with Crippen molar-refractivity contribution >= 4 is 12.8 Å². The zero-order chi connectivity index (χ0) is 6.15. The number of thiol groups is 1. The summed E-state index contributed by atoms with van der Waals surface area (Å²) in [4.78, 5) is 2.23. The number of nitrogens with zero attached hydrogens (tertiary/aromatic N) is 2. The highest BCUT2D eigenvalue weighted by Gasteiger charge is 2.25. The molecule has 0 atom stereocenters. The highest BCUT2D eigenvalue weighted by molar-refractivity contribution is 7.77. The molecule has 1 saturated heterocycles. The van der Waals surface area contributed by atoms with Crippen LogP contribution in [0, 0.1) is 0 Å². The fourth-order valence-corrected chi connectivity index (χ4v) is 1.14. The molecule has 0 spiro atoms. The van der Waals surface area contributed by atoms with Gasteiger partial charge < -0.3 is 4.90 Å². The Morgan fingerprint density at radius 3 is 2.12 bits per heavy atom. The van der Waals surface area contributed by atoms with E-state index < -0.39 is 0 Å². The molecule has 1 rings (SSSR count). The van der Waals surface area contributed by atoms with Gasteiger partial charge in [0.05, 0.1) is 0 Å². The van der Waals surface area contributed by atoms with Crippen LogP contribution < -0.4 is 0 Å². The lowest BCUT2D eigenvalue weighted by atomic mass is 10.2. The quantitative estimate of drug-likeness (QED) is 0.505. The molecule has 1 aliphatic heterocycles. The standard InChI is InChI=1S/C5H12N2S/c1-6(2)5-3-7(8)4-5/h5,8H,3-4H2,1-2H3. The monoisotopic (exact) mass is 132 g/mol. The summed E-state index contributed by atoms with van der Waals surface area (Å²) < 4.78 is 2.02. The van der Waals surface area contributed by atoms with Crippen LogP contribution in [0.25, 0.3) is 0 Å². The van der Waals surface area contributed by atoms with Gasteiger partial charge in [0.15, 0.2) is 0 Å². The second-order valence-electron chi connectivity index (χ2n) is 2.49. The molecule has 1 aliphatic rings. The smallest absolute Gasteiger partial charge is 0.0362 e. The molecule has 3 heteroatoms. The molecule has 0 aromatic heterocycles. The molecule has 0 unspecified atom stereocenters. The maximum Gasteiger partial charge on any atom is 0.0362 e. The van der Waals surface area contributed by atoms with Crippen molar-refractivity contribution in [3.63, 3.8) is 0 Å². The van der Waals surface area contributed by atoms with Gasteiger partial charge in [-0.25, -0.2) is 0 Å². The molecule has 0 aromatic carbocycles. The maximum atomic E-state index is 4.15. The zero-order valence-corrected chi connectivity index (χ0v) is 6.23. The van der Waals surface area contributed by atoms with Crippen LogP contribution in [0.1, 0.15) is 0 Å². The minimum Gasteiger partial charge on any atom is -0.304 e. The van der Waals surface area contributed by atoms with Crippen LogP contribution in [-0.4, -0.2) is 42.4 Å². The van der Waals surface area contributed by atoms with E-state index in [0.717, 1.165) is 19.1 Å². The van der Waals surface area contributed by atoms with Gasteiger partial charge in [0.25, 0.3) is 0 Å². The van der Waals surface area contributed by atoms with Crippen molar-refractivity contribution in [2.45, 2.75) is 6.04 Å². The van der Waals surface area contributed by atoms with Gasteiger partial charge in [0, 0.05) is 19.1 Å². The average Bonchev–Trinajstić information content (AvgIpc) is 1.57. The summed E-state index contributed by atoms with van der Waals surface area (Å²) in [5.41, 5.74) is 0. The van der Waals surface area contributed by atoms with Crippen LogP contribution in [0.2, 0.25) is 0 Å². The molecule has 0 bridgehead atoms. The van der Waals surface area contributed by atoms with Crippen molar-refractivity contribution in [2.24, 2.45) is 0 Å². The van der Waals surface area contributed by atoms with E-state index in [1.807, 2.05) is 4.31 Å². The summed E-state index contributed by atoms with van der Waals surface area (Å²) in [6, 6.07) is 0.743. The Bertz CT molecular complexity index is 78.5. The van der Waals surface area contributed by atoms with Gasteiger partial charge in [0.2, 0.25) is 0 Å². The topological polar surface area (TPSA) is 6.48 Å². The van der Waals surface area contributed by atoms with Gasteiger partial charge in [-0.3, -0.25) is 4.31 Å². The molecule has 0 saturated carbocycles. The predicted molar refractivity (Wildman–Crippen MR) is 38.0 cm³/mol.